The van der Waals surface area contributed by atoms with Crippen LogP contribution in [0.25, 0.3) is 5.52 Å². The standard InChI is InChI=1S/C8H7N3O/c12-10-5-7-4-8-2-1-3-9-11(8)6-7/h1-6,12H/b10-5+. The second-order valence-corrected chi connectivity index (χ2v) is 2.41. The van der Waals surface area contributed by atoms with Crippen LogP contribution < -0.4 is 0 Å². The predicted octanol–water partition coefficient (Wildman–Crippen LogP) is 1.14. The minimum absolute atomic E-state index is 0.830. The molecule has 1 N–H and O–H groups in total. The maximum atomic E-state index is 8.28. The Balaban J connectivity index is 2.62. The average molecular weight is 161 g/mol. The number of rotatable bonds is 1. The van der Waals surface area contributed by atoms with E-state index in [1.54, 1.807) is 16.9 Å². The third-order valence-corrected chi connectivity index (χ3v) is 1.60. The largest absolute Gasteiger partial charge is 0.411 e. The molecule has 0 unspecified atom stereocenters. The minimum atomic E-state index is 0.830. The summed E-state index contributed by atoms with van der Waals surface area (Å²) in [6.07, 6.45) is 4.86. The van der Waals surface area contributed by atoms with Crippen molar-refractivity contribution in [2.75, 3.05) is 0 Å². The fourth-order valence-electron chi connectivity index (χ4n) is 1.10. The Morgan fingerprint density at radius 2 is 2.50 bits per heavy atom. The first-order valence-electron chi connectivity index (χ1n) is 3.51. The number of hydrogen-bond donors (Lipinski definition) is 1. The van der Waals surface area contributed by atoms with Crippen molar-refractivity contribution in [3.8, 4) is 0 Å². The first-order valence-corrected chi connectivity index (χ1v) is 3.51. The summed E-state index contributed by atoms with van der Waals surface area (Å²) in [6, 6.07) is 5.67. The van der Waals surface area contributed by atoms with Gasteiger partial charge in [-0.2, -0.15) is 5.10 Å². The van der Waals surface area contributed by atoms with Gasteiger partial charge < -0.3 is 5.21 Å². The van der Waals surface area contributed by atoms with Crippen LogP contribution in [0.1, 0.15) is 5.56 Å². The zero-order valence-electron chi connectivity index (χ0n) is 6.25. The first kappa shape index (κ1) is 6.84. The van der Waals surface area contributed by atoms with Crippen LogP contribution >= 0.6 is 0 Å². The molecule has 4 heteroatoms. The van der Waals surface area contributed by atoms with Crippen LogP contribution in [0.15, 0.2) is 35.7 Å². The molecule has 2 rings (SSSR count). The van der Waals surface area contributed by atoms with Gasteiger partial charge in [0.05, 0.1) is 11.7 Å². The highest BCUT2D eigenvalue weighted by Gasteiger charge is 1.95. The molecule has 2 aromatic heterocycles. The lowest BCUT2D eigenvalue weighted by Crippen LogP contribution is -1.85. The van der Waals surface area contributed by atoms with Crippen LogP contribution in [0.3, 0.4) is 0 Å². The number of nitrogens with zero attached hydrogens (tertiary/aromatic N) is 3. The summed E-state index contributed by atoms with van der Waals surface area (Å²) >= 11 is 0. The highest BCUT2D eigenvalue weighted by atomic mass is 16.4. The molecule has 0 aliphatic rings. The van der Waals surface area contributed by atoms with Gasteiger partial charge in [-0.15, -0.1) is 0 Å². The maximum Gasteiger partial charge on any atom is 0.0750 e. The van der Waals surface area contributed by atoms with Crippen LogP contribution in [-0.2, 0) is 0 Å². The first-order chi connectivity index (χ1) is 5.90. The smallest absolute Gasteiger partial charge is 0.0750 e. The van der Waals surface area contributed by atoms with Crippen molar-refractivity contribution in [2.45, 2.75) is 0 Å². The Morgan fingerprint density at radius 3 is 3.25 bits per heavy atom. The van der Waals surface area contributed by atoms with E-state index in [9.17, 15) is 0 Å². The summed E-state index contributed by atoms with van der Waals surface area (Å²) < 4.78 is 1.72. The van der Waals surface area contributed by atoms with Crippen molar-refractivity contribution in [1.29, 1.82) is 0 Å². The van der Waals surface area contributed by atoms with Gasteiger partial charge in [-0.3, -0.25) is 0 Å². The van der Waals surface area contributed by atoms with E-state index in [0.717, 1.165) is 11.1 Å². The number of aromatic nitrogens is 2. The third-order valence-electron chi connectivity index (χ3n) is 1.60. The SMILES string of the molecule is O/N=C/c1cc2cccnn2c1. The predicted molar refractivity (Wildman–Crippen MR) is 44.6 cm³/mol. The molecule has 0 radical (unpaired) electrons. The molecular weight excluding hydrogens is 154 g/mol. The van der Waals surface area contributed by atoms with Crippen molar-refractivity contribution in [3.05, 3.63) is 36.2 Å². The van der Waals surface area contributed by atoms with Gasteiger partial charge in [0.25, 0.3) is 0 Å². The van der Waals surface area contributed by atoms with Gasteiger partial charge in [0.1, 0.15) is 0 Å². The monoisotopic (exact) mass is 161 g/mol. The lowest BCUT2D eigenvalue weighted by atomic mass is 10.3. The Morgan fingerprint density at radius 1 is 1.58 bits per heavy atom. The molecule has 0 atom stereocenters. The van der Waals surface area contributed by atoms with E-state index in [1.807, 2.05) is 18.2 Å². The zero-order chi connectivity index (χ0) is 8.39. The van der Waals surface area contributed by atoms with E-state index in [2.05, 4.69) is 10.3 Å². The highest BCUT2D eigenvalue weighted by molar-refractivity contribution is 5.81. The summed E-state index contributed by atoms with van der Waals surface area (Å²) in [5.74, 6) is 0. The molecule has 2 heterocycles. The van der Waals surface area contributed by atoms with Crippen LogP contribution in [0.4, 0.5) is 0 Å². The Hall–Kier alpha value is -1.84. The summed E-state index contributed by atoms with van der Waals surface area (Å²) in [5.41, 5.74) is 1.81. The summed E-state index contributed by atoms with van der Waals surface area (Å²) in [5, 5.41) is 15.3. The fraction of sp³-hybridized carbons (Fsp3) is 0. The van der Waals surface area contributed by atoms with Crippen molar-refractivity contribution < 1.29 is 5.21 Å². The third kappa shape index (κ3) is 1.03. The van der Waals surface area contributed by atoms with E-state index < -0.39 is 0 Å². The molecule has 0 aliphatic heterocycles. The molecule has 0 saturated heterocycles. The van der Waals surface area contributed by atoms with Gasteiger partial charge in [0.2, 0.25) is 0 Å². The Labute approximate surface area is 68.7 Å². The normalized spacial score (nSPS) is 11.3. The fourth-order valence-corrected chi connectivity index (χ4v) is 1.10. The van der Waals surface area contributed by atoms with E-state index in [0.29, 0.717) is 0 Å². The second kappa shape index (κ2) is 2.65. The number of fused-ring (bicyclic) bond motifs is 1. The Kier molecular flexibility index (Phi) is 1.51. The summed E-state index contributed by atoms with van der Waals surface area (Å²) in [7, 11) is 0. The van der Waals surface area contributed by atoms with Crippen molar-refractivity contribution >= 4 is 11.7 Å². The quantitative estimate of drug-likeness (QED) is 0.387. The van der Waals surface area contributed by atoms with Crippen molar-refractivity contribution in [2.24, 2.45) is 5.16 Å². The van der Waals surface area contributed by atoms with E-state index >= 15 is 0 Å². The van der Waals surface area contributed by atoms with Gasteiger partial charge in [0.15, 0.2) is 0 Å². The van der Waals surface area contributed by atoms with Crippen LogP contribution in [0.5, 0.6) is 0 Å². The molecule has 0 aromatic carbocycles. The molecule has 0 saturated carbocycles. The lowest BCUT2D eigenvalue weighted by molar-refractivity contribution is 0.322. The molecular formula is C8H7N3O. The van der Waals surface area contributed by atoms with Gasteiger partial charge in [-0.05, 0) is 18.2 Å². The molecule has 0 amide bonds. The van der Waals surface area contributed by atoms with Crippen molar-refractivity contribution in [3.63, 3.8) is 0 Å². The lowest BCUT2D eigenvalue weighted by Gasteiger charge is -1.87. The maximum absolute atomic E-state index is 8.28. The topological polar surface area (TPSA) is 49.9 Å². The molecule has 12 heavy (non-hydrogen) atoms. The Bertz CT molecular complexity index is 386. The van der Waals surface area contributed by atoms with Crippen LogP contribution in [-0.4, -0.2) is 21.0 Å². The summed E-state index contributed by atoms with van der Waals surface area (Å²) in [6.45, 7) is 0. The van der Waals surface area contributed by atoms with E-state index in [1.165, 1.54) is 6.21 Å². The number of oxime groups is 1. The highest BCUT2D eigenvalue weighted by Crippen LogP contribution is 2.05. The molecule has 2 aromatic rings. The molecule has 0 bridgehead atoms. The average Bonchev–Trinajstić information content (AvgIpc) is 2.47. The molecule has 60 valence electrons. The van der Waals surface area contributed by atoms with Gasteiger partial charge >= 0.3 is 0 Å². The second-order valence-electron chi connectivity index (χ2n) is 2.41. The van der Waals surface area contributed by atoms with Crippen LogP contribution in [0.2, 0.25) is 0 Å². The molecule has 4 nitrogen and oxygen atoms in total. The molecule has 0 aliphatic carbocycles. The number of hydrogen-bond acceptors (Lipinski definition) is 3. The van der Waals surface area contributed by atoms with Crippen LogP contribution in [0, 0.1) is 0 Å². The van der Waals surface area contributed by atoms with E-state index in [-0.39, 0.29) is 0 Å². The molecule has 0 spiro atoms. The minimum Gasteiger partial charge on any atom is -0.411 e. The van der Waals surface area contributed by atoms with Gasteiger partial charge in [0, 0.05) is 18.0 Å². The zero-order valence-corrected chi connectivity index (χ0v) is 6.25. The molecule has 0 fully saturated rings. The van der Waals surface area contributed by atoms with E-state index in [4.69, 9.17) is 5.21 Å². The van der Waals surface area contributed by atoms with Crippen molar-refractivity contribution in [1.82, 2.24) is 9.61 Å². The van der Waals surface area contributed by atoms with Gasteiger partial charge in [-0.25, -0.2) is 4.52 Å². The summed E-state index contributed by atoms with van der Waals surface area (Å²) in [4.78, 5) is 0. The van der Waals surface area contributed by atoms with Gasteiger partial charge in [-0.1, -0.05) is 5.16 Å².